The molecule has 3 fully saturated rings. The van der Waals surface area contributed by atoms with E-state index in [1.54, 1.807) is 0 Å². The van der Waals surface area contributed by atoms with Crippen LogP contribution in [0.25, 0.3) is 0 Å². The van der Waals surface area contributed by atoms with Crippen LogP contribution in [0.4, 0.5) is 0 Å². The Bertz CT molecular complexity index is 2140. The molecule has 0 aliphatic heterocycles. The molecule has 6 rings (SSSR count). The van der Waals surface area contributed by atoms with E-state index < -0.39 is 0 Å². The average molecular weight is 1160 g/mol. The molecular weight excluding hydrogens is 1010 g/mol. The highest BCUT2D eigenvalue weighted by Crippen LogP contribution is 2.49. The van der Waals surface area contributed by atoms with Crippen molar-refractivity contribution < 1.29 is 0 Å². The molecule has 0 heterocycles. The van der Waals surface area contributed by atoms with Gasteiger partial charge in [-0.25, -0.2) is 0 Å². The van der Waals surface area contributed by atoms with Gasteiger partial charge in [0.2, 0.25) is 0 Å². The summed E-state index contributed by atoms with van der Waals surface area (Å²) < 4.78 is 0. The fourth-order valence-electron chi connectivity index (χ4n) is 12.8. The first-order chi connectivity index (χ1) is 37.2. The number of hydrogen-bond acceptors (Lipinski definition) is 0. The Morgan fingerprint density at radius 1 is 0.250 bits per heavy atom. The summed E-state index contributed by atoms with van der Waals surface area (Å²) in [5, 5.41) is 0. The van der Waals surface area contributed by atoms with Crippen molar-refractivity contribution in [2.75, 3.05) is 0 Å². The Morgan fingerprint density at radius 3 is 0.667 bits per heavy atom. The summed E-state index contributed by atoms with van der Waals surface area (Å²) in [7, 11) is 0. The molecule has 0 nitrogen and oxygen atoms in total. The molecule has 3 aromatic carbocycles. The van der Waals surface area contributed by atoms with Crippen molar-refractivity contribution in [3.05, 3.63) is 106 Å². The van der Waals surface area contributed by atoms with Crippen molar-refractivity contribution in [1.29, 1.82) is 0 Å². The lowest BCUT2D eigenvalue weighted by molar-refractivity contribution is 0.0830. The van der Waals surface area contributed by atoms with Gasteiger partial charge in [-0.15, -0.1) is 0 Å². The topological polar surface area (TPSA) is 0 Å². The number of benzene rings is 3. The van der Waals surface area contributed by atoms with E-state index in [1.165, 1.54) is 104 Å². The van der Waals surface area contributed by atoms with Crippen LogP contribution in [0.15, 0.2) is 72.8 Å². The van der Waals surface area contributed by atoms with E-state index in [9.17, 15) is 0 Å². The second-order valence-electron chi connectivity index (χ2n) is 40.4. The molecule has 0 heteroatoms. The second-order valence-corrected chi connectivity index (χ2v) is 40.4. The van der Waals surface area contributed by atoms with Crippen LogP contribution in [0.2, 0.25) is 0 Å². The molecule has 3 aliphatic carbocycles. The summed E-state index contributed by atoms with van der Waals surface area (Å²) in [6.07, 6.45) is 17.1. The van der Waals surface area contributed by atoms with Gasteiger partial charge < -0.3 is 0 Å². The van der Waals surface area contributed by atoms with Gasteiger partial charge in [0, 0.05) is 0 Å². The smallest absolute Gasteiger partial charge is 0.0132 e. The molecule has 3 saturated carbocycles. The molecule has 0 saturated heterocycles. The minimum absolute atomic E-state index is 0.251. The highest BCUT2D eigenvalue weighted by molar-refractivity contribution is 5.33. The number of rotatable bonds is 1. The zero-order chi connectivity index (χ0) is 65.9. The monoisotopic (exact) mass is 1160 g/mol. The molecule has 3 aliphatic rings. The highest BCUT2D eigenvalue weighted by Gasteiger charge is 2.39. The van der Waals surface area contributed by atoms with Gasteiger partial charge in [0.25, 0.3) is 0 Å². The summed E-state index contributed by atoms with van der Waals surface area (Å²) in [6.45, 7) is 83.8. The molecule has 0 amide bonds. The van der Waals surface area contributed by atoms with Crippen LogP contribution >= 0.6 is 0 Å². The summed E-state index contributed by atoms with van der Waals surface area (Å²) in [5.74, 6) is 5.72. The third-order valence-corrected chi connectivity index (χ3v) is 19.9. The standard InChI is InChI=1S/C15H24.C14H28.C14H22.C14H28.C14H22.C13H26/c1-14(2,3)11-12-7-9-13(10-8-12)15(4,5)6;2*1-13(2,3)11-7-9-12(10-8-11)14(4,5)6;2*1-13(2,3)11-8-7-9-12(10-11)14(4,5)6;1-12(2,3)10-7-8-11(9-10)13(4,5)6/h7-10H,11H2,1-6H3;11-12H,7-10H2,1-6H3;7-10H,1-6H3;11-12H,7-10H2,1-6H3;7-10H,1-6H3;10-11H,7-9H2,1-6H3. The van der Waals surface area contributed by atoms with Gasteiger partial charge in [-0.3, -0.25) is 0 Å². The summed E-state index contributed by atoms with van der Waals surface area (Å²) in [5.41, 5.74) is 13.3. The quantitative estimate of drug-likeness (QED) is 0.228. The molecule has 0 radical (unpaired) electrons. The van der Waals surface area contributed by atoms with Gasteiger partial charge in [0.1, 0.15) is 0 Å². The predicted molar refractivity (Wildman–Crippen MR) is 384 cm³/mol. The Kier molecular flexibility index (Phi) is 28.9. The molecule has 0 spiro atoms. The first-order valence-electron chi connectivity index (χ1n) is 34.6. The lowest BCUT2D eigenvalue weighted by atomic mass is 9.63. The van der Waals surface area contributed by atoms with Gasteiger partial charge in [-0.05, 0) is 204 Å². The summed E-state index contributed by atoms with van der Waals surface area (Å²) in [6, 6.07) is 27.0. The van der Waals surface area contributed by atoms with E-state index in [2.05, 4.69) is 322 Å². The van der Waals surface area contributed by atoms with Gasteiger partial charge >= 0.3 is 0 Å². The van der Waals surface area contributed by atoms with Crippen molar-refractivity contribution in [1.82, 2.24) is 0 Å². The normalized spacial score (nSPS) is 21.6. The van der Waals surface area contributed by atoms with E-state index in [0.717, 1.165) is 41.9 Å². The fourth-order valence-corrected chi connectivity index (χ4v) is 12.8. The van der Waals surface area contributed by atoms with Crippen molar-refractivity contribution in [2.24, 2.45) is 73.4 Å². The molecule has 4 unspecified atom stereocenters. The predicted octanol–water partition coefficient (Wildman–Crippen LogP) is 27.4. The van der Waals surface area contributed by atoms with Crippen LogP contribution in [0, 0.1) is 73.4 Å². The maximum absolute atomic E-state index is 2.41. The van der Waals surface area contributed by atoms with Gasteiger partial charge in [0.05, 0.1) is 0 Å². The SMILES string of the molecule is CC(C)(C)C1CCC(C(C)(C)C)C1.CC(C)(C)C1CCC(C(C)(C)C)CC1.CC(C)(C)C1CCCC(C(C)(C)C)C1.CC(C)(C)Cc1ccc(C(C)(C)C)cc1.CC(C)(C)c1ccc(C(C)(C)C)cc1.CC(C)(C)c1cccc(C(C)(C)C)c1. The lowest BCUT2D eigenvalue weighted by Crippen LogP contribution is -2.32. The largest absolute Gasteiger partial charge is 0.0617 e. The van der Waals surface area contributed by atoms with Crippen molar-refractivity contribution >= 4 is 0 Å². The van der Waals surface area contributed by atoms with Crippen molar-refractivity contribution in [3.63, 3.8) is 0 Å². The Labute approximate surface area is 530 Å². The number of hydrogen-bond donors (Lipinski definition) is 0. The third-order valence-electron chi connectivity index (χ3n) is 19.9. The van der Waals surface area contributed by atoms with E-state index in [-0.39, 0.29) is 27.1 Å². The minimum atomic E-state index is 0.251. The van der Waals surface area contributed by atoms with E-state index in [4.69, 9.17) is 0 Å². The van der Waals surface area contributed by atoms with Gasteiger partial charge in [-0.1, -0.05) is 328 Å². The Balaban J connectivity index is 0.000000504. The second kappa shape index (κ2) is 30.4. The molecular formula is C84H150. The zero-order valence-corrected chi connectivity index (χ0v) is 63.9. The van der Waals surface area contributed by atoms with Crippen LogP contribution in [-0.2, 0) is 33.5 Å². The van der Waals surface area contributed by atoms with Crippen LogP contribution < -0.4 is 0 Å². The van der Waals surface area contributed by atoms with Crippen LogP contribution in [0.1, 0.15) is 353 Å². The van der Waals surface area contributed by atoms with Crippen molar-refractivity contribution in [2.45, 2.75) is 353 Å². The third kappa shape index (κ3) is 30.2. The van der Waals surface area contributed by atoms with Crippen LogP contribution in [0.3, 0.4) is 0 Å². The molecule has 486 valence electrons. The molecule has 3 aromatic rings. The minimum Gasteiger partial charge on any atom is -0.0617 e. The average Bonchev–Trinajstić information content (AvgIpc) is 3.70. The van der Waals surface area contributed by atoms with E-state index in [1.807, 2.05) is 0 Å². The van der Waals surface area contributed by atoms with E-state index in [0.29, 0.717) is 37.9 Å². The summed E-state index contributed by atoms with van der Waals surface area (Å²) in [4.78, 5) is 0. The van der Waals surface area contributed by atoms with Crippen LogP contribution in [0.5, 0.6) is 0 Å². The Morgan fingerprint density at radius 2 is 0.464 bits per heavy atom. The summed E-state index contributed by atoms with van der Waals surface area (Å²) >= 11 is 0. The van der Waals surface area contributed by atoms with Crippen LogP contribution in [-0.4, -0.2) is 0 Å². The molecule has 0 N–H and O–H groups in total. The maximum atomic E-state index is 2.41. The molecule has 4 atom stereocenters. The molecule has 0 aromatic heterocycles. The molecule has 84 heavy (non-hydrogen) atoms. The lowest BCUT2D eigenvalue weighted by Gasteiger charge is -2.42. The molecule has 0 bridgehead atoms. The van der Waals surface area contributed by atoms with Crippen molar-refractivity contribution in [3.8, 4) is 0 Å². The first kappa shape index (κ1) is 79.7. The highest BCUT2D eigenvalue weighted by atomic mass is 14.4. The maximum Gasteiger partial charge on any atom is -0.0132 e. The first-order valence-corrected chi connectivity index (χ1v) is 34.6. The Hall–Kier alpha value is -2.34. The van der Waals surface area contributed by atoms with E-state index >= 15 is 0 Å². The fraction of sp³-hybridized carbons (Fsp3) is 0.786. The van der Waals surface area contributed by atoms with Gasteiger partial charge in [-0.2, -0.15) is 0 Å². The zero-order valence-electron chi connectivity index (χ0n) is 63.9. The van der Waals surface area contributed by atoms with Gasteiger partial charge in [0.15, 0.2) is 0 Å².